The largest absolute Gasteiger partial charge is 0.382 e. The molecule has 3 atom stereocenters. The molecule has 0 spiro atoms. The molecule has 1 aromatic heterocycles. The van der Waals surface area contributed by atoms with Gasteiger partial charge < -0.3 is 14.4 Å². The molecule has 1 aromatic rings. The van der Waals surface area contributed by atoms with E-state index in [1.165, 1.54) is 6.42 Å². The molecular weight excluding hydrogens is 240 g/mol. The highest BCUT2D eigenvalue weighted by atomic mass is 16.5. The van der Waals surface area contributed by atoms with Crippen molar-refractivity contribution in [3.8, 4) is 0 Å². The summed E-state index contributed by atoms with van der Waals surface area (Å²) in [4.78, 5) is 4.35. The van der Waals surface area contributed by atoms with Gasteiger partial charge in [-0.25, -0.2) is 4.98 Å². The molecule has 4 nitrogen and oxygen atoms in total. The van der Waals surface area contributed by atoms with Crippen LogP contribution in [-0.4, -0.2) is 26.9 Å². The van der Waals surface area contributed by atoms with Crippen LogP contribution >= 0.6 is 0 Å². The average Bonchev–Trinajstić information content (AvgIpc) is 2.86. The lowest BCUT2D eigenvalue weighted by molar-refractivity contribution is -0.153. The van der Waals surface area contributed by atoms with Crippen LogP contribution in [0.5, 0.6) is 0 Å². The van der Waals surface area contributed by atoms with Gasteiger partial charge in [-0.2, -0.15) is 0 Å². The molecule has 0 saturated heterocycles. The molecule has 1 aliphatic carbocycles. The molecule has 1 aliphatic rings. The van der Waals surface area contributed by atoms with Crippen molar-refractivity contribution in [3.05, 3.63) is 18.2 Å². The van der Waals surface area contributed by atoms with E-state index in [1.807, 2.05) is 17.7 Å². The quantitative estimate of drug-likeness (QED) is 0.891. The number of imidazole rings is 1. The van der Waals surface area contributed by atoms with Crippen molar-refractivity contribution in [1.82, 2.24) is 9.55 Å². The molecule has 19 heavy (non-hydrogen) atoms. The van der Waals surface area contributed by atoms with Crippen molar-refractivity contribution in [2.45, 2.75) is 64.7 Å². The number of hydrogen-bond donors (Lipinski definition) is 1. The SMILES string of the molecule is CCOC1(C(O)c2nccn2CC)CCCC(C)C1. The van der Waals surface area contributed by atoms with Crippen LogP contribution in [0.15, 0.2) is 12.4 Å². The second-order valence-electron chi connectivity index (χ2n) is 5.67. The van der Waals surface area contributed by atoms with E-state index in [0.29, 0.717) is 12.5 Å². The van der Waals surface area contributed by atoms with Crippen LogP contribution in [-0.2, 0) is 11.3 Å². The molecule has 0 aliphatic heterocycles. The van der Waals surface area contributed by atoms with E-state index in [2.05, 4.69) is 18.8 Å². The summed E-state index contributed by atoms with van der Waals surface area (Å²) in [7, 11) is 0. The minimum atomic E-state index is -0.634. The zero-order valence-electron chi connectivity index (χ0n) is 12.3. The third kappa shape index (κ3) is 2.84. The second kappa shape index (κ2) is 6.06. The third-order valence-corrected chi connectivity index (χ3v) is 4.25. The lowest BCUT2D eigenvalue weighted by atomic mass is 9.75. The smallest absolute Gasteiger partial charge is 0.141 e. The van der Waals surface area contributed by atoms with Gasteiger partial charge in [-0.3, -0.25) is 0 Å². The van der Waals surface area contributed by atoms with Gasteiger partial charge in [0.1, 0.15) is 17.5 Å². The monoisotopic (exact) mass is 266 g/mol. The molecular formula is C15H26N2O2. The predicted molar refractivity (Wildman–Crippen MR) is 74.8 cm³/mol. The standard InChI is InChI=1S/C15H26N2O2/c1-4-17-10-9-16-14(17)13(18)15(19-5-2)8-6-7-12(3)11-15/h9-10,12-13,18H,4-8,11H2,1-3H3. The topological polar surface area (TPSA) is 47.3 Å². The van der Waals surface area contributed by atoms with Crippen molar-refractivity contribution in [2.24, 2.45) is 5.92 Å². The molecule has 1 fully saturated rings. The summed E-state index contributed by atoms with van der Waals surface area (Å²) in [5.41, 5.74) is -0.454. The summed E-state index contributed by atoms with van der Waals surface area (Å²) in [6.45, 7) is 7.77. The van der Waals surface area contributed by atoms with E-state index < -0.39 is 11.7 Å². The Morgan fingerprint density at radius 1 is 1.58 bits per heavy atom. The van der Waals surface area contributed by atoms with Gasteiger partial charge >= 0.3 is 0 Å². The van der Waals surface area contributed by atoms with Gasteiger partial charge in [0, 0.05) is 25.5 Å². The average molecular weight is 266 g/mol. The Kier molecular flexibility index (Phi) is 4.63. The fourth-order valence-electron chi connectivity index (χ4n) is 3.36. The third-order valence-electron chi connectivity index (χ3n) is 4.25. The van der Waals surface area contributed by atoms with Crippen molar-refractivity contribution in [1.29, 1.82) is 0 Å². The first-order chi connectivity index (χ1) is 9.13. The Labute approximate surface area is 115 Å². The molecule has 0 aromatic carbocycles. The number of aromatic nitrogens is 2. The number of aliphatic hydroxyl groups is 1. The Hall–Kier alpha value is -0.870. The number of aryl methyl sites for hydroxylation is 1. The zero-order chi connectivity index (χ0) is 13.9. The number of rotatable bonds is 5. The van der Waals surface area contributed by atoms with Crippen molar-refractivity contribution in [2.75, 3.05) is 6.61 Å². The minimum Gasteiger partial charge on any atom is -0.382 e. The molecule has 0 bridgehead atoms. The summed E-state index contributed by atoms with van der Waals surface area (Å²) in [6, 6.07) is 0. The van der Waals surface area contributed by atoms with Crippen LogP contribution in [0, 0.1) is 5.92 Å². The van der Waals surface area contributed by atoms with E-state index in [9.17, 15) is 5.11 Å². The fraction of sp³-hybridized carbons (Fsp3) is 0.800. The highest BCUT2D eigenvalue weighted by Crippen LogP contribution is 2.43. The van der Waals surface area contributed by atoms with E-state index in [0.717, 1.165) is 31.6 Å². The molecule has 1 saturated carbocycles. The van der Waals surface area contributed by atoms with Gasteiger partial charge in [-0.1, -0.05) is 19.8 Å². The maximum atomic E-state index is 10.8. The molecule has 108 valence electrons. The highest BCUT2D eigenvalue weighted by molar-refractivity contribution is 5.06. The van der Waals surface area contributed by atoms with E-state index >= 15 is 0 Å². The Balaban J connectivity index is 2.27. The first-order valence-corrected chi connectivity index (χ1v) is 7.46. The Morgan fingerprint density at radius 2 is 2.37 bits per heavy atom. The Morgan fingerprint density at radius 3 is 3.00 bits per heavy atom. The van der Waals surface area contributed by atoms with Gasteiger partial charge in [0.05, 0.1) is 0 Å². The minimum absolute atomic E-state index is 0.454. The van der Waals surface area contributed by atoms with Crippen molar-refractivity contribution >= 4 is 0 Å². The van der Waals surface area contributed by atoms with Crippen LogP contribution in [0.4, 0.5) is 0 Å². The van der Waals surface area contributed by atoms with Gasteiger partial charge in [0.25, 0.3) is 0 Å². The summed E-state index contributed by atoms with van der Waals surface area (Å²) in [6.07, 6.45) is 7.22. The van der Waals surface area contributed by atoms with Crippen LogP contribution in [0.1, 0.15) is 58.4 Å². The normalized spacial score (nSPS) is 29.4. The van der Waals surface area contributed by atoms with Gasteiger partial charge in [-0.15, -0.1) is 0 Å². The predicted octanol–water partition coefficient (Wildman–Crippen LogP) is 2.92. The van der Waals surface area contributed by atoms with Gasteiger partial charge in [0.2, 0.25) is 0 Å². The van der Waals surface area contributed by atoms with Crippen LogP contribution < -0.4 is 0 Å². The summed E-state index contributed by atoms with van der Waals surface area (Å²) < 4.78 is 8.03. The highest BCUT2D eigenvalue weighted by Gasteiger charge is 2.44. The molecule has 1 heterocycles. The maximum Gasteiger partial charge on any atom is 0.141 e. The zero-order valence-corrected chi connectivity index (χ0v) is 12.3. The van der Waals surface area contributed by atoms with Crippen LogP contribution in [0.2, 0.25) is 0 Å². The first kappa shape index (κ1) is 14.5. The number of ether oxygens (including phenoxy) is 1. The Bertz CT molecular complexity index is 401. The molecule has 1 N–H and O–H groups in total. The number of aliphatic hydroxyl groups excluding tert-OH is 1. The first-order valence-electron chi connectivity index (χ1n) is 7.46. The second-order valence-corrected chi connectivity index (χ2v) is 5.67. The fourth-order valence-corrected chi connectivity index (χ4v) is 3.36. The van der Waals surface area contributed by atoms with Crippen molar-refractivity contribution in [3.63, 3.8) is 0 Å². The van der Waals surface area contributed by atoms with Crippen LogP contribution in [0.25, 0.3) is 0 Å². The lowest BCUT2D eigenvalue weighted by Gasteiger charge is -2.42. The molecule has 4 heteroatoms. The summed E-state index contributed by atoms with van der Waals surface area (Å²) in [5.74, 6) is 1.34. The summed E-state index contributed by atoms with van der Waals surface area (Å²) >= 11 is 0. The van der Waals surface area contributed by atoms with E-state index in [-0.39, 0.29) is 0 Å². The molecule has 2 rings (SSSR count). The maximum absolute atomic E-state index is 10.8. The molecule has 0 amide bonds. The molecule has 3 unspecified atom stereocenters. The lowest BCUT2D eigenvalue weighted by Crippen LogP contribution is -2.44. The van der Waals surface area contributed by atoms with Crippen LogP contribution in [0.3, 0.4) is 0 Å². The summed E-state index contributed by atoms with van der Waals surface area (Å²) in [5, 5.41) is 10.8. The molecule has 0 radical (unpaired) electrons. The van der Waals surface area contributed by atoms with Gasteiger partial charge in [-0.05, 0) is 32.6 Å². The number of hydrogen-bond acceptors (Lipinski definition) is 3. The number of nitrogens with zero attached hydrogens (tertiary/aromatic N) is 2. The van der Waals surface area contributed by atoms with Gasteiger partial charge in [0.15, 0.2) is 0 Å². The van der Waals surface area contributed by atoms with Crippen molar-refractivity contribution < 1.29 is 9.84 Å². The van der Waals surface area contributed by atoms with E-state index in [4.69, 9.17) is 4.74 Å². The van der Waals surface area contributed by atoms with E-state index in [1.54, 1.807) is 6.20 Å².